The van der Waals surface area contributed by atoms with Crippen molar-refractivity contribution in [1.29, 1.82) is 0 Å². The maximum atomic E-state index is 13.5. The Hall–Kier alpha value is -1.68. The molecule has 0 amide bonds. The maximum absolute atomic E-state index is 13.5. The first-order valence-electron chi connectivity index (χ1n) is 9.02. The molecule has 0 spiro atoms. The molecule has 0 bridgehead atoms. The van der Waals surface area contributed by atoms with E-state index in [1.54, 1.807) is 13.8 Å². The average molecular weight is 348 g/mol. The second-order valence-electron chi connectivity index (χ2n) is 7.40. The van der Waals surface area contributed by atoms with Crippen molar-refractivity contribution in [3.05, 3.63) is 46.8 Å². The van der Waals surface area contributed by atoms with Gasteiger partial charge in [0.15, 0.2) is 0 Å². The number of nitrogens with zero attached hydrogens (tertiary/aromatic N) is 1. The first kappa shape index (κ1) is 21.4. The highest BCUT2D eigenvalue weighted by atomic mass is 19.1. The van der Waals surface area contributed by atoms with Crippen LogP contribution in [0.3, 0.4) is 0 Å². The van der Waals surface area contributed by atoms with E-state index in [1.807, 2.05) is 19.5 Å². The van der Waals surface area contributed by atoms with Crippen LogP contribution in [0.25, 0.3) is 0 Å². The van der Waals surface area contributed by atoms with Gasteiger partial charge < -0.3 is 10.6 Å². The van der Waals surface area contributed by atoms with E-state index in [1.165, 1.54) is 5.57 Å². The fourth-order valence-corrected chi connectivity index (χ4v) is 2.61. The largest absolute Gasteiger partial charge is 0.365 e. The van der Waals surface area contributed by atoms with Crippen LogP contribution in [0, 0.1) is 0 Å². The third kappa shape index (κ3) is 7.82. The van der Waals surface area contributed by atoms with Crippen LogP contribution in [-0.2, 0) is 0 Å². The molecule has 1 aliphatic heterocycles. The van der Waals surface area contributed by atoms with Gasteiger partial charge in [0.05, 0.1) is 12.1 Å². The predicted molar refractivity (Wildman–Crippen MR) is 108 cm³/mol. The number of hydrogen-bond acceptors (Lipinski definition) is 3. The van der Waals surface area contributed by atoms with E-state index in [9.17, 15) is 4.39 Å². The van der Waals surface area contributed by atoms with E-state index in [4.69, 9.17) is 4.99 Å². The van der Waals surface area contributed by atoms with Crippen molar-refractivity contribution in [3.63, 3.8) is 0 Å². The summed E-state index contributed by atoms with van der Waals surface area (Å²) in [5.74, 6) is 0. The van der Waals surface area contributed by atoms with Gasteiger partial charge >= 0.3 is 0 Å². The maximum Gasteiger partial charge on any atom is 0.105 e. The van der Waals surface area contributed by atoms with Gasteiger partial charge in [-0.2, -0.15) is 0 Å². The third-order valence-corrected chi connectivity index (χ3v) is 4.42. The molecule has 0 radical (unpaired) electrons. The van der Waals surface area contributed by atoms with Gasteiger partial charge in [0.2, 0.25) is 0 Å². The van der Waals surface area contributed by atoms with Gasteiger partial charge in [-0.1, -0.05) is 17.7 Å². The number of aliphatic imine (C=N–C) groups is 1. The molecule has 2 unspecified atom stereocenters. The number of nitrogens with one attached hydrogen (secondary N) is 2. The molecule has 1 heterocycles. The van der Waals surface area contributed by atoms with Gasteiger partial charge in [-0.25, -0.2) is 4.39 Å². The Morgan fingerprint density at radius 3 is 2.72 bits per heavy atom. The molecule has 0 aliphatic carbocycles. The summed E-state index contributed by atoms with van der Waals surface area (Å²) in [5.41, 5.74) is 3.52. The lowest BCUT2D eigenvalue weighted by molar-refractivity contribution is 0.203. The molecule has 4 heteroatoms. The van der Waals surface area contributed by atoms with Crippen LogP contribution in [0.2, 0.25) is 0 Å². The normalized spacial score (nSPS) is 21.0. The predicted octanol–water partition coefficient (Wildman–Crippen LogP) is 4.85. The molecule has 0 saturated heterocycles. The van der Waals surface area contributed by atoms with Crippen LogP contribution in [0.15, 0.2) is 51.8 Å². The SMILES string of the molecule is CNC1C=CNC(C)=C1C=NC(C)/C(C)=C/C(C)=C/CCC(C)(C)F. The molecule has 3 nitrogen and oxygen atoms in total. The number of likely N-dealkylation sites (N-methyl/N-ethyl adjacent to an activating group) is 1. The molecule has 0 aromatic carbocycles. The minimum absolute atomic E-state index is 0.102. The van der Waals surface area contributed by atoms with Gasteiger partial charge in [0.1, 0.15) is 5.67 Å². The van der Waals surface area contributed by atoms with Crippen LogP contribution in [0.5, 0.6) is 0 Å². The lowest BCUT2D eigenvalue weighted by Crippen LogP contribution is -2.31. The quantitative estimate of drug-likeness (QED) is 0.487. The summed E-state index contributed by atoms with van der Waals surface area (Å²) in [6, 6.07) is 0.289. The molecule has 25 heavy (non-hydrogen) atoms. The van der Waals surface area contributed by atoms with Crippen LogP contribution in [0.1, 0.15) is 54.4 Å². The van der Waals surface area contributed by atoms with E-state index in [-0.39, 0.29) is 12.1 Å². The Labute approximate surface area is 152 Å². The molecular weight excluding hydrogens is 313 g/mol. The summed E-state index contributed by atoms with van der Waals surface area (Å²) < 4.78 is 13.5. The van der Waals surface area contributed by atoms with Crippen molar-refractivity contribution in [2.45, 2.75) is 72.1 Å². The van der Waals surface area contributed by atoms with E-state index >= 15 is 0 Å². The van der Waals surface area contributed by atoms with E-state index in [2.05, 4.69) is 56.6 Å². The molecule has 2 N–H and O–H groups in total. The Morgan fingerprint density at radius 1 is 1.44 bits per heavy atom. The second kappa shape index (κ2) is 9.71. The van der Waals surface area contributed by atoms with Crippen molar-refractivity contribution in [2.24, 2.45) is 4.99 Å². The number of dihydropyridines is 1. The molecule has 1 aliphatic rings. The first-order chi connectivity index (χ1) is 11.6. The van der Waals surface area contributed by atoms with E-state index in [0.717, 1.165) is 23.3 Å². The molecule has 0 fully saturated rings. The van der Waals surface area contributed by atoms with Crippen LogP contribution >= 0.6 is 0 Å². The van der Waals surface area contributed by atoms with Crippen molar-refractivity contribution < 1.29 is 4.39 Å². The number of halogens is 1. The summed E-state index contributed by atoms with van der Waals surface area (Å²) in [4.78, 5) is 4.72. The van der Waals surface area contributed by atoms with E-state index in [0.29, 0.717) is 6.42 Å². The van der Waals surface area contributed by atoms with Gasteiger partial charge in [-0.3, -0.25) is 4.99 Å². The lowest BCUT2D eigenvalue weighted by Gasteiger charge is -2.21. The Morgan fingerprint density at radius 2 is 2.12 bits per heavy atom. The summed E-state index contributed by atoms with van der Waals surface area (Å²) in [6.07, 6.45) is 11.5. The van der Waals surface area contributed by atoms with Gasteiger partial charge in [-0.05, 0) is 79.3 Å². The minimum Gasteiger partial charge on any atom is -0.365 e. The molecule has 1 rings (SSSR count). The Balaban J connectivity index is 2.72. The van der Waals surface area contributed by atoms with Gasteiger partial charge in [-0.15, -0.1) is 0 Å². The molecular formula is C21H34FN3. The molecule has 0 aromatic rings. The summed E-state index contributed by atoms with van der Waals surface area (Å²) in [7, 11) is 1.95. The zero-order valence-corrected chi connectivity index (χ0v) is 16.8. The lowest BCUT2D eigenvalue weighted by atomic mass is 10.0. The van der Waals surface area contributed by atoms with Crippen molar-refractivity contribution >= 4 is 6.21 Å². The highest BCUT2D eigenvalue weighted by Crippen LogP contribution is 2.18. The fraction of sp³-hybridized carbons (Fsp3) is 0.571. The van der Waals surface area contributed by atoms with Crippen LogP contribution in [0.4, 0.5) is 4.39 Å². The minimum atomic E-state index is -1.11. The molecule has 0 saturated carbocycles. The van der Waals surface area contributed by atoms with Crippen LogP contribution < -0.4 is 10.6 Å². The first-order valence-corrected chi connectivity index (χ1v) is 9.02. The average Bonchev–Trinajstić information content (AvgIpc) is 2.51. The monoisotopic (exact) mass is 347 g/mol. The van der Waals surface area contributed by atoms with Crippen LogP contribution in [-0.4, -0.2) is 31.0 Å². The topological polar surface area (TPSA) is 36.4 Å². The smallest absolute Gasteiger partial charge is 0.105 e. The number of alkyl halides is 1. The van der Waals surface area contributed by atoms with Gasteiger partial charge in [0, 0.05) is 17.5 Å². The summed E-state index contributed by atoms with van der Waals surface area (Å²) >= 11 is 0. The zero-order valence-electron chi connectivity index (χ0n) is 16.8. The molecule has 140 valence electrons. The third-order valence-electron chi connectivity index (χ3n) is 4.42. The number of allylic oxidation sites excluding steroid dienone is 4. The highest BCUT2D eigenvalue weighted by molar-refractivity contribution is 5.82. The van der Waals surface area contributed by atoms with Crippen molar-refractivity contribution in [3.8, 4) is 0 Å². The molecule has 2 atom stereocenters. The fourth-order valence-electron chi connectivity index (χ4n) is 2.61. The van der Waals surface area contributed by atoms with E-state index < -0.39 is 5.67 Å². The van der Waals surface area contributed by atoms with Crippen molar-refractivity contribution in [2.75, 3.05) is 7.05 Å². The van der Waals surface area contributed by atoms with Crippen molar-refractivity contribution in [1.82, 2.24) is 10.6 Å². The highest BCUT2D eigenvalue weighted by Gasteiger charge is 2.14. The molecule has 0 aromatic heterocycles. The summed E-state index contributed by atoms with van der Waals surface area (Å²) in [5, 5.41) is 6.50. The number of rotatable bonds is 8. The van der Waals surface area contributed by atoms with Gasteiger partial charge in [0.25, 0.3) is 0 Å². The second-order valence-corrected chi connectivity index (χ2v) is 7.40. The Kier molecular flexibility index (Phi) is 8.30. The number of hydrogen-bond donors (Lipinski definition) is 2. The Bertz CT molecular complexity index is 589. The zero-order chi connectivity index (χ0) is 19.0. The standard InChI is InChI=1S/C21H34FN3/c1-15(9-8-11-21(5,6)22)13-16(2)17(3)25-14-19-18(4)24-12-10-20(19)23-7/h9-10,12-14,17,20,23-24H,8,11H2,1-7H3/b15-9+,16-13+,25-14?. The summed E-state index contributed by atoms with van der Waals surface area (Å²) in [6.45, 7) is 11.5.